The average molecular weight is 254 g/mol. The lowest BCUT2D eigenvalue weighted by molar-refractivity contribution is -0.138. The van der Waals surface area contributed by atoms with Crippen LogP contribution in [-0.2, 0) is 16.0 Å². The molecule has 17 heavy (non-hydrogen) atoms. The van der Waals surface area contributed by atoms with E-state index in [0.29, 0.717) is 26.1 Å². The van der Waals surface area contributed by atoms with Crippen LogP contribution in [0.3, 0.4) is 0 Å². The van der Waals surface area contributed by atoms with E-state index in [1.807, 2.05) is 28.7 Å². The lowest BCUT2D eigenvalue weighted by Crippen LogP contribution is -2.51. The summed E-state index contributed by atoms with van der Waals surface area (Å²) in [6.45, 7) is 3.78. The van der Waals surface area contributed by atoms with Gasteiger partial charge in [-0.05, 0) is 29.3 Å². The van der Waals surface area contributed by atoms with Gasteiger partial charge in [0.15, 0.2) is 0 Å². The van der Waals surface area contributed by atoms with Gasteiger partial charge < -0.3 is 15.4 Å². The molecule has 2 heterocycles. The van der Waals surface area contributed by atoms with E-state index in [1.54, 1.807) is 11.3 Å². The number of hydrogen-bond acceptors (Lipinski definition) is 4. The molecule has 1 saturated heterocycles. The maximum Gasteiger partial charge on any atom is 0.227 e. The zero-order chi connectivity index (χ0) is 12.3. The summed E-state index contributed by atoms with van der Waals surface area (Å²) < 4.78 is 5.54. The average Bonchev–Trinajstić information content (AvgIpc) is 2.82. The summed E-state index contributed by atoms with van der Waals surface area (Å²) >= 11 is 1.62. The molecule has 1 aliphatic heterocycles. The maximum atomic E-state index is 12.1. The number of ether oxygens (including phenoxy) is 1. The minimum Gasteiger partial charge on any atom is -0.373 e. The SMILES string of the molecule is CC(N)C1CN(C(=O)Cc2ccsc2)CCO1. The highest BCUT2D eigenvalue weighted by Gasteiger charge is 2.26. The van der Waals surface area contributed by atoms with Gasteiger partial charge in [-0.25, -0.2) is 0 Å². The van der Waals surface area contributed by atoms with Crippen LogP contribution in [-0.4, -0.2) is 42.6 Å². The van der Waals surface area contributed by atoms with Crippen molar-refractivity contribution < 1.29 is 9.53 Å². The summed E-state index contributed by atoms with van der Waals surface area (Å²) in [6.07, 6.45) is 0.449. The molecule has 0 aromatic carbocycles. The van der Waals surface area contributed by atoms with Crippen LogP contribution < -0.4 is 5.73 Å². The van der Waals surface area contributed by atoms with Crippen LogP contribution >= 0.6 is 11.3 Å². The minimum absolute atomic E-state index is 0.0322. The molecule has 0 saturated carbocycles. The van der Waals surface area contributed by atoms with E-state index in [1.165, 1.54) is 0 Å². The minimum atomic E-state index is -0.0354. The molecule has 1 aliphatic rings. The topological polar surface area (TPSA) is 55.6 Å². The molecule has 94 valence electrons. The smallest absolute Gasteiger partial charge is 0.227 e. The van der Waals surface area contributed by atoms with Crippen LogP contribution in [0.2, 0.25) is 0 Å². The zero-order valence-corrected chi connectivity index (χ0v) is 10.8. The fraction of sp³-hybridized carbons (Fsp3) is 0.583. The van der Waals surface area contributed by atoms with E-state index in [2.05, 4.69) is 0 Å². The van der Waals surface area contributed by atoms with Crippen LogP contribution in [0.1, 0.15) is 12.5 Å². The van der Waals surface area contributed by atoms with Crippen LogP contribution in [0.15, 0.2) is 16.8 Å². The van der Waals surface area contributed by atoms with Crippen LogP contribution in [0.25, 0.3) is 0 Å². The molecule has 5 heteroatoms. The van der Waals surface area contributed by atoms with Gasteiger partial charge in [-0.3, -0.25) is 4.79 Å². The Morgan fingerprint density at radius 2 is 2.59 bits per heavy atom. The predicted octanol–water partition coefficient (Wildman–Crippen LogP) is 0.865. The number of morpholine rings is 1. The van der Waals surface area contributed by atoms with E-state index in [4.69, 9.17) is 10.5 Å². The molecule has 4 nitrogen and oxygen atoms in total. The van der Waals surface area contributed by atoms with Crippen LogP contribution in [0.5, 0.6) is 0 Å². The van der Waals surface area contributed by atoms with E-state index in [0.717, 1.165) is 5.56 Å². The number of hydrogen-bond donors (Lipinski definition) is 1. The second-order valence-electron chi connectivity index (χ2n) is 4.42. The summed E-state index contributed by atoms with van der Waals surface area (Å²) in [7, 11) is 0. The molecule has 2 unspecified atom stereocenters. The van der Waals surface area contributed by atoms with Crippen molar-refractivity contribution in [2.75, 3.05) is 19.7 Å². The van der Waals surface area contributed by atoms with Crippen molar-refractivity contribution in [2.24, 2.45) is 5.73 Å². The molecule has 2 rings (SSSR count). The third-order valence-electron chi connectivity index (χ3n) is 2.97. The number of nitrogens with zero attached hydrogens (tertiary/aromatic N) is 1. The number of carbonyl (C=O) groups excluding carboxylic acids is 1. The molecule has 2 atom stereocenters. The molecule has 0 aliphatic carbocycles. The van der Waals surface area contributed by atoms with Gasteiger partial charge in [0, 0.05) is 19.1 Å². The van der Waals surface area contributed by atoms with Gasteiger partial charge in [0.2, 0.25) is 5.91 Å². The van der Waals surface area contributed by atoms with Crippen LogP contribution in [0, 0.1) is 0 Å². The van der Waals surface area contributed by atoms with Gasteiger partial charge in [-0.1, -0.05) is 0 Å². The first kappa shape index (κ1) is 12.5. The molecule has 1 aromatic rings. The summed E-state index contributed by atoms with van der Waals surface area (Å²) in [5.74, 6) is 0.164. The highest BCUT2D eigenvalue weighted by Crippen LogP contribution is 2.12. The number of nitrogens with two attached hydrogens (primary N) is 1. The van der Waals surface area contributed by atoms with Crippen molar-refractivity contribution in [1.82, 2.24) is 4.90 Å². The van der Waals surface area contributed by atoms with Crippen molar-refractivity contribution in [3.05, 3.63) is 22.4 Å². The van der Waals surface area contributed by atoms with Crippen LogP contribution in [0.4, 0.5) is 0 Å². The van der Waals surface area contributed by atoms with E-state index >= 15 is 0 Å². The Morgan fingerprint density at radius 3 is 3.24 bits per heavy atom. The molecule has 0 bridgehead atoms. The summed E-state index contributed by atoms with van der Waals surface area (Å²) in [4.78, 5) is 13.9. The van der Waals surface area contributed by atoms with Crippen molar-refractivity contribution in [3.63, 3.8) is 0 Å². The second-order valence-corrected chi connectivity index (χ2v) is 5.20. The van der Waals surface area contributed by atoms with E-state index in [9.17, 15) is 4.79 Å². The molecular formula is C12H18N2O2S. The van der Waals surface area contributed by atoms with Gasteiger partial charge in [0.25, 0.3) is 0 Å². The Bertz CT molecular complexity index is 365. The standard InChI is InChI=1S/C12H18N2O2S/c1-9(13)11-7-14(3-4-16-11)12(15)6-10-2-5-17-8-10/h2,5,8-9,11H,3-4,6-7,13H2,1H3. The largest absolute Gasteiger partial charge is 0.373 e. The van der Waals surface area contributed by atoms with Gasteiger partial charge in [0.1, 0.15) is 0 Å². The highest BCUT2D eigenvalue weighted by molar-refractivity contribution is 7.07. The third kappa shape index (κ3) is 3.28. The predicted molar refractivity (Wildman–Crippen MR) is 68.0 cm³/mol. The number of thiophene rings is 1. The van der Waals surface area contributed by atoms with Crippen molar-refractivity contribution in [1.29, 1.82) is 0 Å². The highest BCUT2D eigenvalue weighted by atomic mass is 32.1. The molecule has 1 fully saturated rings. The lowest BCUT2D eigenvalue weighted by atomic mass is 10.1. The third-order valence-corrected chi connectivity index (χ3v) is 3.70. The Balaban J connectivity index is 1.91. The van der Waals surface area contributed by atoms with Gasteiger partial charge in [-0.15, -0.1) is 0 Å². The second kappa shape index (κ2) is 5.62. The van der Waals surface area contributed by atoms with Crippen molar-refractivity contribution in [3.8, 4) is 0 Å². The molecule has 1 amide bonds. The fourth-order valence-corrected chi connectivity index (χ4v) is 2.57. The Hall–Kier alpha value is -0.910. The maximum absolute atomic E-state index is 12.1. The normalized spacial score (nSPS) is 22.5. The number of amides is 1. The van der Waals surface area contributed by atoms with E-state index < -0.39 is 0 Å². The first-order valence-electron chi connectivity index (χ1n) is 5.83. The fourth-order valence-electron chi connectivity index (χ4n) is 1.90. The first-order chi connectivity index (χ1) is 8.16. The monoisotopic (exact) mass is 254 g/mol. The molecular weight excluding hydrogens is 236 g/mol. The van der Waals surface area contributed by atoms with Gasteiger partial charge in [-0.2, -0.15) is 11.3 Å². The molecule has 0 radical (unpaired) electrons. The molecule has 0 spiro atoms. The Labute approximate surface area is 105 Å². The zero-order valence-electron chi connectivity index (χ0n) is 9.96. The number of rotatable bonds is 3. The van der Waals surface area contributed by atoms with Crippen molar-refractivity contribution >= 4 is 17.2 Å². The Morgan fingerprint density at radius 1 is 1.76 bits per heavy atom. The Kier molecular flexibility index (Phi) is 4.15. The number of carbonyl (C=O) groups is 1. The molecule has 1 aromatic heterocycles. The van der Waals surface area contributed by atoms with Crippen molar-refractivity contribution in [2.45, 2.75) is 25.5 Å². The van der Waals surface area contributed by atoms with Gasteiger partial charge >= 0.3 is 0 Å². The quantitative estimate of drug-likeness (QED) is 0.870. The first-order valence-corrected chi connectivity index (χ1v) is 6.77. The van der Waals surface area contributed by atoms with Gasteiger partial charge in [0.05, 0.1) is 19.1 Å². The molecule has 2 N–H and O–H groups in total. The van der Waals surface area contributed by atoms with E-state index in [-0.39, 0.29) is 18.1 Å². The summed E-state index contributed by atoms with van der Waals surface area (Å²) in [5.41, 5.74) is 6.89. The summed E-state index contributed by atoms with van der Waals surface area (Å²) in [5, 5.41) is 4.01. The summed E-state index contributed by atoms with van der Waals surface area (Å²) in [6, 6.07) is 1.96. The lowest BCUT2D eigenvalue weighted by Gasteiger charge is -2.34.